The molecule has 224 valence electrons. The second-order valence-electron chi connectivity index (χ2n) is 9.82. The number of imidazole rings is 1. The maximum Gasteiger partial charge on any atom is 0.416 e. The Hall–Kier alpha value is -4.82. The largest absolute Gasteiger partial charge is 0.416 e. The van der Waals surface area contributed by atoms with Crippen molar-refractivity contribution in [2.75, 3.05) is 48.4 Å². The van der Waals surface area contributed by atoms with E-state index in [2.05, 4.69) is 25.6 Å². The maximum absolute atomic E-state index is 13.6. The molecule has 14 heteroatoms. The fourth-order valence-corrected chi connectivity index (χ4v) is 4.41. The van der Waals surface area contributed by atoms with E-state index in [0.717, 1.165) is 12.1 Å². The van der Waals surface area contributed by atoms with Gasteiger partial charge in [-0.2, -0.15) is 18.2 Å². The van der Waals surface area contributed by atoms with Gasteiger partial charge in [0.05, 0.1) is 24.9 Å². The van der Waals surface area contributed by atoms with E-state index in [4.69, 9.17) is 4.74 Å². The van der Waals surface area contributed by atoms with Crippen molar-refractivity contribution < 1.29 is 32.6 Å². The third kappa shape index (κ3) is 7.16. The highest BCUT2D eigenvalue weighted by atomic mass is 19.4. The number of carbonyl (C=O) groups is 2. The molecule has 0 bridgehead atoms. The number of halogens is 3. The molecule has 43 heavy (non-hydrogen) atoms. The molecule has 0 saturated carbocycles. The summed E-state index contributed by atoms with van der Waals surface area (Å²) < 4.78 is 47.7. The molecule has 1 fully saturated rings. The second kappa shape index (κ2) is 12.6. The number of amides is 1. The lowest BCUT2D eigenvalue weighted by Gasteiger charge is -2.29. The van der Waals surface area contributed by atoms with E-state index < -0.39 is 29.5 Å². The smallest absolute Gasteiger partial charge is 0.392 e. The number of ketones is 1. The number of anilines is 3. The van der Waals surface area contributed by atoms with Gasteiger partial charge in [-0.3, -0.25) is 14.2 Å². The van der Waals surface area contributed by atoms with Crippen molar-refractivity contribution in [3.63, 3.8) is 0 Å². The first-order valence-electron chi connectivity index (χ1n) is 13.4. The van der Waals surface area contributed by atoms with Gasteiger partial charge >= 0.3 is 6.18 Å². The number of hydrogen-bond donors (Lipinski definition) is 3. The number of aliphatic hydroxyl groups excluding tert-OH is 1. The van der Waals surface area contributed by atoms with Gasteiger partial charge < -0.3 is 25.4 Å². The molecule has 0 spiro atoms. The Labute approximate surface area is 244 Å². The maximum atomic E-state index is 13.6. The number of hydrogen-bond acceptors (Lipinski definition) is 9. The van der Waals surface area contributed by atoms with Crippen molar-refractivity contribution in [1.82, 2.24) is 19.5 Å². The summed E-state index contributed by atoms with van der Waals surface area (Å²) >= 11 is 0. The van der Waals surface area contributed by atoms with Crippen LogP contribution in [-0.4, -0.2) is 75.3 Å². The van der Waals surface area contributed by atoms with Gasteiger partial charge in [-0.05, 0) is 55.5 Å². The molecular formula is C29H28F3N7O4. The number of ether oxygens (including phenoxy) is 1. The molecule has 1 aliphatic rings. The van der Waals surface area contributed by atoms with Gasteiger partial charge in [0.25, 0.3) is 5.91 Å². The molecule has 2 aromatic carbocycles. The van der Waals surface area contributed by atoms with Gasteiger partial charge in [-0.1, -0.05) is 0 Å². The molecule has 1 unspecified atom stereocenters. The van der Waals surface area contributed by atoms with E-state index in [1.807, 2.05) is 0 Å². The predicted molar refractivity (Wildman–Crippen MR) is 152 cm³/mol. The molecule has 0 radical (unpaired) electrons. The SMILES string of the molecule is CC(O)CNc1nccc(-n2ccnc2C(=O)c2ccc(NC(=O)c3cc(N4CCOCC4)cc(C(F)(F)F)c3)cc2)n1. The fourth-order valence-electron chi connectivity index (χ4n) is 4.41. The second-order valence-corrected chi connectivity index (χ2v) is 9.82. The summed E-state index contributed by atoms with van der Waals surface area (Å²) in [6.45, 7) is 3.44. The topological polar surface area (TPSA) is 134 Å². The van der Waals surface area contributed by atoms with Crippen LogP contribution in [0.2, 0.25) is 0 Å². The number of nitrogens with zero attached hydrogens (tertiary/aromatic N) is 5. The van der Waals surface area contributed by atoms with Crippen molar-refractivity contribution >= 4 is 29.0 Å². The third-order valence-corrected chi connectivity index (χ3v) is 6.58. The number of rotatable bonds is 9. The number of carbonyl (C=O) groups excluding carboxylic acids is 2. The average Bonchev–Trinajstić information content (AvgIpc) is 3.50. The number of benzene rings is 2. The van der Waals surface area contributed by atoms with Crippen LogP contribution in [0.5, 0.6) is 0 Å². The Bertz CT molecular complexity index is 1600. The van der Waals surface area contributed by atoms with Crippen molar-refractivity contribution in [3.8, 4) is 5.82 Å². The van der Waals surface area contributed by atoms with Crippen LogP contribution in [0.1, 0.15) is 39.0 Å². The van der Waals surface area contributed by atoms with Crippen LogP contribution in [0.3, 0.4) is 0 Å². The van der Waals surface area contributed by atoms with E-state index >= 15 is 0 Å². The molecule has 3 N–H and O–H groups in total. The minimum Gasteiger partial charge on any atom is -0.392 e. The standard InChI is InChI=1S/C29H28F3N7O4/c1-18(40)17-35-28-34-7-6-24(37-28)39-9-8-33-26(39)25(41)19-2-4-22(5-3-19)36-27(42)20-14-21(29(30,31)32)16-23(15-20)38-10-12-43-13-11-38/h2-9,14-16,18,40H,10-13,17H2,1H3,(H,36,42)(H,34,35,37). The molecular weight excluding hydrogens is 567 g/mol. The van der Waals surface area contributed by atoms with Crippen LogP contribution in [0.4, 0.5) is 30.5 Å². The highest BCUT2D eigenvalue weighted by Gasteiger charge is 2.32. The summed E-state index contributed by atoms with van der Waals surface area (Å²) in [6, 6.07) is 10.8. The van der Waals surface area contributed by atoms with Crippen LogP contribution < -0.4 is 15.5 Å². The van der Waals surface area contributed by atoms with Crippen LogP contribution in [0.25, 0.3) is 5.82 Å². The first-order valence-corrected chi connectivity index (χ1v) is 13.4. The Morgan fingerprint density at radius 2 is 1.77 bits per heavy atom. The van der Waals surface area contributed by atoms with Crippen molar-refractivity contribution in [2.24, 2.45) is 0 Å². The lowest BCUT2D eigenvalue weighted by Crippen LogP contribution is -2.36. The number of aromatic nitrogens is 4. The van der Waals surface area contributed by atoms with E-state index in [0.29, 0.717) is 37.8 Å². The van der Waals surface area contributed by atoms with E-state index in [9.17, 15) is 27.9 Å². The molecule has 1 atom stereocenters. The summed E-state index contributed by atoms with van der Waals surface area (Å²) in [5, 5.41) is 15.0. The third-order valence-electron chi connectivity index (χ3n) is 6.58. The van der Waals surface area contributed by atoms with Gasteiger partial charge in [0.1, 0.15) is 5.82 Å². The van der Waals surface area contributed by atoms with Crippen LogP contribution in [-0.2, 0) is 10.9 Å². The zero-order valence-corrected chi connectivity index (χ0v) is 23.0. The summed E-state index contributed by atoms with van der Waals surface area (Å²) in [5.74, 6) is -0.419. The summed E-state index contributed by atoms with van der Waals surface area (Å²) in [6.07, 6.45) is -0.710. The summed E-state index contributed by atoms with van der Waals surface area (Å²) in [4.78, 5) is 40.7. The van der Waals surface area contributed by atoms with Gasteiger partial charge in [0.2, 0.25) is 11.7 Å². The molecule has 1 aliphatic heterocycles. The van der Waals surface area contributed by atoms with E-state index in [-0.39, 0.29) is 35.1 Å². The zero-order valence-electron chi connectivity index (χ0n) is 23.0. The molecule has 2 aromatic heterocycles. The van der Waals surface area contributed by atoms with Crippen LogP contribution in [0.15, 0.2) is 67.1 Å². The fraction of sp³-hybridized carbons (Fsp3) is 0.276. The zero-order chi connectivity index (χ0) is 30.6. The number of alkyl halides is 3. The highest BCUT2D eigenvalue weighted by molar-refractivity contribution is 6.08. The van der Waals surface area contributed by atoms with E-state index in [1.54, 1.807) is 24.1 Å². The average molecular weight is 596 g/mol. The minimum absolute atomic E-state index is 0.0802. The predicted octanol–water partition coefficient (Wildman–Crippen LogP) is 3.79. The highest BCUT2D eigenvalue weighted by Crippen LogP contribution is 2.33. The van der Waals surface area contributed by atoms with E-state index in [1.165, 1.54) is 47.3 Å². The van der Waals surface area contributed by atoms with Gasteiger partial charge in [-0.15, -0.1) is 0 Å². The van der Waals surface area contributed by atoms with Gasteiger partial charge in [-0.25, -0.2) is 9.97 Å². The first kappa shape index (κ1) is 29.7. The van der Waals surface area contributed by atoms with Crippen molar-refractivity contribution in [3.05, 3.63) is 89.6 Å². The molecule has 1 amide bonds. The lowest BCUT2D eigenvalue weighted by molar-refractivity contribution is -0.137. The molecule has 5 rings (SSSR count). The van der Waals surface area contributed by atoms with Gasteiger partial charge in [0, 0.05) is 60.7 Å². The quantitative estimate of drug-likeness (QED) is 0.247. The lowest BCUT2D eigenvalue weighted by atomic mass is 10.1. The molecule has 1 saturated heterocycles. The molecule has 3 heterocycles. The Balaban J connectivity index is 1.32. The van der Waals surface area contributed by atoms with Gasteiger partial charge in [0.15, 0.2) is 5.82 Å². The normalized spacial score (nSPS) is 14.3. The Morgan fingerprint density at radius 3 is 2.47 bits per heavy atom. The molecule has 11 nitrogen and oxygen atoms in total. The van der Waals surface area contributed by atoms with Crippen molar-refractivity contribution in [2.45, 2.75) is 19.2 Å². The number of morpholine rings is 1. The number of nitrogens with one attached hydrogen (secondary N) is 2. The van der Waals surface area contributed by atoms with Crippen LogP contribution in [0, 0.1) is 0 Å². The molecule has 0 aliphatic carbocycles. The Morgan fingerprint density at radius 1 is 1.02 bits per heavy atom. The Kier molecular flexibility index (Phi) is 8.68. The monoisotopic (exact) mass is 595 g/mol. The number of aliphatic hydroxyl groups is 1. The molecule has 4 aromatic rings. The summed E-state index contributed by atoms with van der Waals surface area (Å²) in [7, 11) is 0. The summed E-state index contributed by atoms with van der Waals surface area (Å²) in [5.41, 5.74) is -0.229. The van der Waals surface area contributed by atoms with Crippen LogP contribution >= 0.6 is 0 Å². The first-order chi connectivity index (χ1) is 20.6. The van der Waals surface area contributed by atoms with Crippen molar-refractivity contribution in [1.29, 1.82) is 0 Å². The minimum atomic E-state index is -4.63.